The summed E-state index contributed by atoms with van der Waals surface area (Å²) >= 11 is 7.44. The average molecular weight is 472 g/mol. The molecular formula is C24H26ClN3O3S. The number of rotatable bonds is 4. The molecule has 0 aromatic heterocycles. The van der Waals surface area contributed by atoms with E-state index in [2.05, 4.69) is 5.32 Å². The van der Waals surface area contributed by atoms with Crippen molar-refractivity contribution in [1.82, 2.24) is 4.90 Å². The molecule has 2 aliphatic heterocycles. The lowest BCUT2D eigenvalue weighted by Gasteiger charge is -2.34. The number of nitrogens with one attached hydrogen (secondary N) is 1. The SMILES string of the molecule is Cc1ccc(NC(=O)CN2C(=O)[C@H](C(=O)N3CCCCCC3)Sc3ccccc32)cc1Cl. The molecule has 4 rings (SSSR count). The summed E-state index contributed by atoms with van der Waals surface area (Å²) in [5, 5.41) is 2.49. The van der Waals surface area contributed by atoms with Crippen LogP contribution in [0, 0.1) is 6.92 Å². The van der Waals surface area contributed by atoms with E-state index in [0.29, 0.717) is 29.5 Å². The zero-order valence-corrected chi connectivity index (χ0v) is 19.5. The van der Waals surface area contributed by atoms with Gasteiger partial charge in [0.2, 0.25) is 11.8 Å². The number of aryl methyl sites for hydroxylation is 1. The van der Waals surface area contributed by atoms with Crippen LogP contribution in [0.4, 0.5) is 11.4 Å². The number of para-hydroxylation sites is 1. The van der Waals surface area contributed by atoms with Crippen molar-refractivity contribution in [3.05, 3.63) is 53.1 Å². The van der Waals surface area contributed by atoms with E-state index in [1.807, 2.05) is 42.2 Å². The Morgan fingerprint density at radius 3 is 2.53 bits per heavy atom. The zero-order chi connectivity index (χ0) is 22.7. The van der Waals surface area contributed by atoms with E-state index < -0.39 is 5.25 Å². The number of thioether (sulfide) groups is 1. The van der Waals surface area contributed by atoms with Crippen molar-refractivity contribution in [3.8, 4) is 0 Å². The molecule has 0 bridgehead atoms. The summed E-state index contributed by atoms with van der Waals surface area (Å²) in [4.78, 5) is 43.5. The molecule has 0 aliphatic carbocycles. The number of fused-ring (bicyclic) bond motifs is 1. The van der Waals surface area contributed by atoms with Gasteiger partial charge in [0.25, 0.3) is 5.91 Å². The van der Waals surface area contributed by atoms with Gasteiger partial charge in [0.1, 0.15) is 6.54 Å². The van der Waals surface area contributed by atoms with Gasteiger partial charge in [0.05, 0.1) is 5.69 Å². The van der Waals surface area contributed by atoms with E-state index in [1.54, 1.807) is 12.1 Å². The van der Waals surface area contributed by atoms with Crippen LogP contribution in [0.15, 0.2) is 47.4 Å². The van der Waals surface area contributed by atoms with E-state index in [9.17, 15) is 14.4 Å². The zero-order valence-electron chi connectivity index (χ0n) is 18.0. The normalized spacial score (nSPS) is 18.7. The summed E-state index contributed by atoms with van der Waals surface area (Å²) in [6.45, 7) is 3.07. The molecule has 2 aromatic rings. The molecule has 1 atom stereocenters. The second kappa shape index (κ2) is 9.96. The first-order valence-corrected chi connectivity index (χ1v) is 12.1. The summed E-state index contributed by atoms with van der Waals surface area (Å²) < 4.78 is 0. The molecular weight excluding hydrogens is 446 g/mol. The first-order valence-electron chi connectivity index (χ1n) is 10.9. The molecule has 2 heterocycles. The molecule has 6 nitrogen and oxygen atoms in total. The van der Waals surface area contributed by atoms with Gasteiger partial charge in [-0.05, 0) is 49.6 Å². The van der Waals surface area contributed by atoms with Crippen molar-refractivity contribution < 1.29 is 14.4 Å². The van der Waals surface area contributed by atoms with Crippen LogP contribution in [0.5, 0.6) is 0 Å². The maximum absolute atomic E-state index is 13.4. The molecule has 32 heavy (non-hydrogen) atoms. The third kappa shape index (κ3) is 4.94. The number of benzene rings is 2. The fourth-order valence-electron chi connectivity index (χ4n) is 4.01. The van der Waals surface area contributed by atoms with Gasteiger partial charge in [-0.1, -0.05) is 42.6 Å². The smallest absolute Gasteiger partial charge is 0.250 e. The van der Waals surface area contributed by atoms with Gasteiger partial charge in [-0.2, -0.15) is 0 Å². The highest BCUT2D eigenvalue weighted by Gasteiger charge is 2.40. The van der Waals surface area contributed by atoms with Gasteiger partial charge < -0.3 is 15.1 Å². The molecule has 2 aliphatic rings. The second-order valence-electron chi connectivity index (χ2n) is 8.14. The number of carbonyl (C=O) groups is 3. The average Bonchev–Trinajstić information content (AvgIpc) is 3.07. The topological polar surface area (TPSA) is 69.7 Å². The Bertz CT molecular complexity index is 1040. The Kier molecular flexibility index (Phi) is 7.06. The maximum Gasteiger partial charge on any atom is 0.250 e. The Morgan fingerprint density at radius 2 is 1.81 bits per heavy atom. The maximum atomic E-state index is 13.4. The molecule has 2 aromatic carbocycles. The first-order chi connectivity index (χ1) is 15.4. The standard InChI is InChI=1S/C24H26ClN3O3S/c1-16-10-11-17(14-18(16)25)26-21(29)15-28-19-8-4-5-9-20(19)32-22(24(28)31)23(30)27-12-6-2-3-7-13-27/h4-5,8-11,14,22H,2-3,6-7,12-13,15H2,1H3,(H,26,29)/t22-/m0/s1. The molecule has 168 valence electrons. The molecule has 3 amide bonds. The molecule has 1 N–H and O–H groups in total. The van der Waals surface area contributed by atoms with Crippen molar-refractivity contribution in [1.29, 1.82) is 0 Å². The van der Waals surface area contributed by atoms with Crippen molar-refractivity contribution in [3.63, 3.8) is 0 Å². The van der Waals surface area contributed by atoms with Crippen LogP contribution in [-0.4, -0.2) is 47.5 Å². The number of amides is 3. The summed E-state index contributed by atoms with van der Waals surface area (Å²) in [6, 6.07) is 12.7. The molecule has 0 unspecified atom stereocenters. The van der Waals surface area contributed by atoms with Gasteiger partial charge in [0.15, 0.2) is 5.25 Å². The molecule has 1 saturated heterocycles. The quantitative estimate of drug-likeness (QED) is 0.666. The van der Waals surface area contributed by atoms with Gasteiger partial charge >= 0.3 is 0 Å². The lowest BCUT2D eigenvalue weighted by Crippen LogP contribution is -2.51. The Labute approximate surface area is 197 Å². The van der Waals surface area contributed by atoms with Crippen LogP contribution >= 0.6 is 23.4 Å². The van der Waals surface area contributed by atoms with Crippen molar-refractivity contribution in [2.24, 2.45) is 0 Å². The predicted molar refractivity (Wildman–Crippen MR) is 128 cm³/mol. The van der Waals surface area contributed by atoms with Crippen LogP contribution in [0.2, 0.25) is 5.02 Å². The largest absolute Gasteiger partial charge is 0.341 e. The van der Waals surface area contributed by atoms with Crippen LogP contribution in [0.3, 0.4) is 0 Å². The molecule has 0 saturated carbocycles. The summed E-state index contributed by atoms with van der Waals surface area (Å²) in [5.74, 6) is -0.854. The molecule has 0 spiro atoms. The van der Waals surface area contributed by atoms with Crippen molar-refractivity contribution in [2.45, 2.75) is 42.8 Å². The molecule has 1 fully saturated rings. The van der Waals surface area contributed by atoms with E-state index in [0.717, 1.165) is 36.1 Å². The number of carbonyl (C=O) groups excluding carboxylic acids is 3. The summed E-state index contributed by atoms with van der Waals surface area (Å²) in [7, 11) is 0. The number of hydrogen-bond donors (Lipinski definition) is 1. The number of nitrogens with zero attached hydrogens (tertiary/aromatic N) is 2. The lowest BCUT2D eigenvalue weighted by atomic mass is 10.2. The van der Waals surface area contributed by atoms with Crippen molar-refractivity contribution >= 4 is 52.5 Å². The number of anilines is 2. The third-order valence-corrected chi connectivity index (χ3v) is 7.44. The monoisotopic (exact) mass is 471 g/mol. The molecule has 0 radical (unpaired) electrons. The minimum atomic E-state index is -0.871. The van der Waals surface area contributed by atoms with Crippen LogP contribution in [-0.2, 0) is 14.4 Å². The second-order valence-corrected chi connectivity index (χ2v) is 9.70. The highest BCUT2D eigenvalue weighted by Crippen LogP contribution is 2.40. The van der Waals surface area contributed by atoms with Crippen LogP contribution in [0.1, 0.15) is 31.2 Å². The highest BCUT2D eigenvalue weighted by atomic mass is 35.5. The van der Waals surface area contributed by atoms with E-state index in [1.165, 1.54) is 16.7 Å². The minimum Gasteiger partial charge on any atom is -0.341 e. The summed E-state index contributed by atoms with van der Waals surface area (Å²) in [6.07, 6.45) is 4.12. The number of hydrogen-bond acceptors (Lipinski definition) is 4. The van der Waals surface area contributed by atoms with E-state index in [-0.39, 0.29) is 24.3 Å². The van der Waals surface area contributed by atoms with Gasteiger partial charge in [-0.3, -0.25) is 14.4 Å². The van der Waals surface area contributed by atoms with Gasteiger partial charge in [-0.15, -0.1) is 11.8 Å². The van der Waals surface area contributed by atoms with Gasteiger partial charge in [0, 0.05) is 28.7 Å². The van der Waals surface area contributed by atoms with E-state index >= 15 is 0 Å². The third-order valence-electron chi connectivity index (χ3n) is 5.79. The predicted octanol–water partition coefficient (Wildman–Crippen LogP) is 4.50. The number of likely N-dealkylation sites (tertiary alicyclic amines) is 1. The highest BCUT2D eigenvalue weighted by molar-refractivity contribution is 8.01. The van der Waals surface area contributed by atoms with Gasteiger partial charge in [-0.25, -0.2) is 0 Å². The molecule has 8 heteroatoms. The Balaban J connectivity index is 1.54. The van der Waals surface area contributed by atoms with Crippen LogP contribution in [0.25, 0.3) is 0 Å². The fraction of sp³-hybridized carbons (Fsp3) is 0.375. The minimum absolute atomic E-state index is 0.160. The Hall–Kier alpha value is -2.51. The summed E-state index contributed by atoms with van der Waals surface area (Å²) in [5.41, 5.74) is 2.13. The fourth-order valence-corrected chi connectivity index (χ4v) is 5.38. The lowest BCUT2D eigenvalue weighted by molar-refractivity contribution is -0.135. The van der Waals surface area contributed by atoms with Crippen LogP contribution < -0.4 is 10.2 Å². The Morgan fingerprint density at radius 1 is 1.09 bits per heavy atom. The van der Waals surface area contributed by atoms with E-state index in [4.69, 9.17) is 11.6 Å². The van der Waals surface area contributed by atoms with Crippen molar-refractivity contribution in [2.75, 3.05) is 29.9 Å². The number of halogens is 1. The first kappa shape index (κ1) is 22.7.